The molecule has 106 valence electrons. The molecule has 0 saturated carbocycles. The maximum atomic E-state index is 12.1. The highest BCUT2D eigenvalue weighted by Gasteiger charge is 2.28. The molecule has 1 aromatic carbocycles. The number of methoxy groups -OCH3 is 2. The molecule has 2 rings (SSSR count). The summed E-state index contributed by atoms with van der Waals surface area (Å²) in [6, 6.07) is 5.44. The van der Waals surface area contributed by atoms with Crippen LogP contribution in [0, 0.1) is 0 Å². The minimum atomic E-state index is -0.118. The Kier molecular flexibility index (Phi) is 4.24. The normalized spacial score (nSPS) is 16.6. The number of benzene rings is 1. The van der Waals surface area contributed by atoms with Crippen LogP contribution in [0.5, 0.6) is 11.5 Å². The first-order valence-corrected chi connectivity index (χ1v) is 6.58. The lowest BCUT2D eigenvalue weighted by atomic mass is 10.1. The summed E-state index contributed by atoms with van der Waals surface area (Å²) in [6.45, 7) is 2.43. The molecule has 1 N–H and O–H groups in total. The van der Waals surface area contributed by atoms with Gasteiger partial charge < -0.3 is 14.8 Å². The summed E-state index contributed by atoms with van der Waals surface area (Å²) in [5, 5.41) is 3.35. The van der Waals surface area contributed by atoms with Crippen LogP contribution in [0.4, 0.5) is 0 Å². The van der Waals surface area contributed by atoms with Crippen molar-refractivity contribution in [2.24, 2.45) is 0 Å². The van der Waals surface area contributed by atoms with Crippen LogP contribution in [0.3, 0.4) is 0 Å². The van der Waals surface area contributed by atoms with Gasteiger partial charge in [-0.15, -0.1) is 0 Å². The quantitative estimate of drug-likeness (QED) is 0.677. The van der Waals surface area contributed by atoms with Crippen molar-refractivity contribution in [3.8, 4) is 11.5 Å². The van der Waals surface area contributed by atoms with E-state index in [4.69, 9.17) is 21.7 Å². The van der Waals surface area contributed by atoms with Crippen LogP contribution in [0.2, 0.25) is 0 Å². The molecular formula is C14H16N2O3S. The fraction of sp³-hybridized carbons (Fsp3) is 0.286. The van der Waals surface area contributed by atoms with Crippen molar-refractivity contribution in [3.63, 3.8) is 0 Å². The minimum Gasteiger partial charge on any atom is -0.493 e. The molecule has 20 heavy (non-hydrogen) atoms. The molecular weight excluding hydrogens is 276 g/mol. The van der Waals surface area contributed by atoms with Gasteiger partial charge in [-0.3, -0.25) is 9.69 Å². The Hall–Kier alpha value is -2.08. The number of nitrogens with zero attached hydrogens (tertiary/aromatic N) is 1. The Balaban J connectivity index is 2.32. The van der Waals surface area contributed by atoms with E-state index in [1.807, 2.05) is 13.0 Å². The molecule has 1 fully saturated rings. The van der Waals surface area contributed by atoms with Crippen molar-refractivity contribution in [1.82, 2.24) is 10.2 Å². The summed E-state index contributed by atoms with van der Waals surface area (Å²) in [7, 11) is 3.15. The van der Waals surface area contributed by atoms with Crippen LogP contribution in [0.1, 0.15) is 12.5 Å². The van der Waals surface area contributed by atoms with Crippen molar-refractivity contribution < 1.29 is 14.3 Å². The molecule has 0 atom stereocenters. The Morgan fingerprint density at radius 1 is 1.30 bits per heavy atom. The number of thiocarbonyl (C=S) groups is 1. The molecule has 0 aliphatic carbocycles. The number of hydrogen-bond acceptors (Lipinski definition) is 4. The molecule has 0 spiro atoms. The zero-order chi connectivity index (χ0) is 14.7. The fourth-order valence-electron chi connectivity index (χ4n) is 1.97. The smallest absolute Gasteiger partial charge is 0.276 e. The second-order valence-electron chi connectivity index (χ2n) is 4.15. The number of amides is 1. The lowest BCUT2D eigenvalue weighted by Crippen LogP contribution is -2.30. The predicted molar refractivity (Wildman–Crippen MR) is 80.6 cm³/mol. The molecule has 1 heterocycles. The van der Waals surface area contributed by atoms with E-state index >= 15 is 0 Å². The number of ether oxygens (including phenoxy) is 2. The van der Waals surface area contributed by atoms with E-state index in [0.29, 0.717) is 28.9 Å². The third-order valence-corrected chi connectivity index (χ3v) is 3.32. The lowest BCUT2D eigenvalue weighted by molar-refractivity contribution is -0.122. The first-order valence-electron chi connectivity index (χ1n) is 6.17. The standard InChI is InChI=1S/C14H16N2O3S/c1-4-16-13(17)10(15-14(16)20)7-9-5-6-11(18-2)12(8-9)19-3/h5-8H,4H2,1-3H3,(H,15,20)/b10-7+. The number of hydrogen-bond donors (Lipinski definition) is 1. The molecule has 1 aliphatic heterocycles. The van der Waals surface area contributed by atoms with Gasteiger partial charge in [-0.05, 0) is 42.9 Å². The third-order valence-electron chi connectivity index (χ3n) is 3.00. The van der Waals surface area contributed by atoms with Gasteiger partial charge in [0.2, 0.25) is 0 Å². The average Bonchev–Trinajstić information content (AvgIpc) is 2.72. The van der Waals surface area contributed by atoms with E-state index in [9.17, 15) is 4.79 Å². The van der Waals surface area contributed by atoms with Crippen LogP contribution in [-0.2, 0) is 4.79 Å². The van der Waals surface area contributed by atoms with E-state index in [1.165, 1.54) is 4.90 Å². The van der Waals surface area contributed by atoms with Crippen molar-refractivity contribution in [2.75, 3.05) is 20.8 Å². The molecule has 5 nitrogen and oxygen atoms in total. The Bertz CT molecular complexity index is 584. The Labute approximate surface area is 123 Å². The molecule has 1 amide bonds. The van der Waals surface area contributed by atoms with E-state index in [1.54, 1.807) is 32.4 Å². The van der Waals surface area contributed by atoms with Gasteiger partial charge in [0.1, 0.15) is 5.70 Å². The van der Waals surface area contributed by atoms with Crippen molar-refractivity contribution in [2.45, 2.75) is 6.92 Å². The fourth-order valence-corrected chi connectivity index (χ4v) is 2.29. The van der Waals surface area contributed by atoms with Gasteiger partial charge in [0, 0.05) is 6.54 Å². The molecule has 0 unspecified atom stereocenters. The Morgan fingerprint density at radius 3 is 2.55 bits per heavy atom. The number of nitrogens with one attached hydrogen (secondary N) is 1. The number of rotatable bonds is 4. The maximum absolute atomic E-state index is 12.1. The molecule has 0 bridgehead atoms. The summed E-state index contributed by atoms with van der Waals surface area (Å²) >= 11 is 5.11. The van der Waals surface area contributed by atoms with E-state index in [-0.39, 0.29) is 5.91 Å². The molecule has 0 aromatic heterocycles. The predicted octanol–water partition coefficient (Wildman–Crippen LogP) is 1.78. The average molecular weight is 292 g/mol. The van der Waals surface area contributed by atoms with Crippen LogP contribution >= 0.6 is 12.2 Å². The van der Waals surface area contributed by atoms with Gasteiger partial charge in [-0.25, -0.2) is 0 Å². The van der Waals surface area contributed by atoms with Crippen LogP contribution in [0.25, 0.3) is 6.08 Å². The molecule has 6 heteroatoms. The van der Waals surface area contributed by atoms with E-state index in [2.05, 4.69) is 5.32 Å². The molecule has 1 aliphatic rings. The summed E-state index contributed by atoms with van der Waals surface area (Å²) < 4.78 is 10.4. The highest BCUT2D eigenvalue weighted by Crippen LogP contribution is 2.28. The summed E-state index contributed by atoms with van der Waals surface area (Å²) in [6.07, 6.45) is 1.74. The maximum Gasteiger partial charge on any atom is 0.276 e. The minimum absolute atomic E-state index is 0.118. The zero-order valence-corrected chi connectivity index (χ0v) is 12.4. The Morgan fingerprint density at radius 2 is 2.00 bits per heavy atom. The SMILES string of the molecule is CCN1C(=O)/C(=C\c2ccc(OC)c(OC)c2)NC1=S. The lowest BCUT2D eigenvalue weighted by Gasteiger charge is -2.09. The van der Waals surface area contributed by atoms with Crippen molar-refractivity contribution in [1.29, 1.82) is 0 Å². The molecule has 1 aromatic rings. The highest BCUT2D eigenvalue weighted by atomic mass is 32.1. The molecule has 1 saturated heterocycles. The third kappa shape index (κ3) is 2.60. The highest BCUT2D eigenvalue weighted by molar-refractivity contribution is 7.80. The summed E-state index contributed by atoms with van der Waals surface area (Å²) in [4.78, 5) is 13.6. The van der Waals surface area contributed by atoms with Gasteiger partial charge in [0.25, 0.3) is 5.91 Å². The van der Waals surface area contributed by atoms with Crippen molar-refractivity contribution >= 4 is 29.3 Å². The summed E-state index contributed by atoms with van der Waals surface area (Å²) in [5.74, 6) is 1.14. The second-order valence-corrected chi connectivity index (χ2v) is 4.54. The van der Waals surface area contributed by atoms with Crippen LogP contribution in [0.15, 0.2) is 23.9 Å². The van der Waals surface area contributed by atoms with Gasteiger partial charge in [0.15, 0.2) is 16.6 Å². The van der Waals surface area contributed by atoms with Crippen molar-refractivity contribution in [3.05, 3.63) is 29.5 Å². The first-order chi connectivity index (χ1) is 9.60. The van der Waals surface area contributed by atoms with Gasteiger partial charge >= 0.3 is 0 Å². The number of likely N-dealkylation sites (N-methyl/N-ethyl adjacent to an activating group) is 1. The topological polar surface area (TPSA) is 50.8 Å². The monoisotopic (exact) mass is 292 g/mol. The van der Waals surface area contributed by atoms with E-state index in [0.717, 1.165) is 5.56 Å². The first kappa shape index (κ1) is 14.3. The largest absolute Gasteiger partial charge is 0.493 e. The molecule has 0 radical (unpaired) electrons. The van der Waals surface area contributed by atoms with E-state index < -0.39 is 0 Å². The summed E-state index contributed by atoms with van der Waals surface area (Å²) in [5.41, 5.74) is 1.29. The van der Waals surface area contributed by atoms with Gasteiger partial charge in [0.05, 0.1) is 14.2 Å². The van der Waals surface area contributed by atoms with Crippen LogP contribution < -0.4 is 14.8 Å². The van der Waals surface area contributed by atoms with Crippen LogP contribution in [-0.4, -0.2) is 36.7 Å². The number of carbonyl (C=O) groups excluding carboxylic acids is 1. The number of carbonyl (C=O) groups is 1. The second kappa shape index (κ2) is 5.92. The van der Waals surface area contributed by atoms with Gasteiger partial charge in [-0.2, -0.15) is 0 Å². The van der Waals surface area contributed by atoms with Gasteiger partial charge in [-0.1, -0.05) is 6.07 Å². The zero-order valence-electron chi connectivity index (χ0n) is 11.6.